The van der Waals surface area contributed by atoms with Gasteiger partial charge in [0.05, 0.1) is 12.0 Å². The number of hydrogen-bond donors (Lipinski definition) is 2. The summed E-state index contributed by atoms with van der Waals surface area (Å²) in [4.78, 5) is 22.8. The maximum absolute atomic E-state index is 12.2. The van der Waals surface area contributed by atoms with Crippen molar-refractivity contribution in [3.8, 4) is 0 Å². The van der Waals surface area contributed by atoms with Gasteiger partial charge in [-0.15, -0.1) is 0 Å². The van der Waals surface area contributed by atoms with E-state index in [9.17, 15) is 9.59 Å². The molecular weight excluding hydrogens is 402 g/mol. The van der Waals surface area contributed by atoms with Crippen molar-refractivity contribution in [1.82, 2.24) is 0 Å². The van der Waals surface area contributed by atoms with E-state index in [-0.39, 0.29) is 12.3 Å². The van der Waals surface area contributed by atoms with Crippen molar-refractivity contribution in [3.63, 3.8) is 0 Å². The van der Waals surface area contributed by atoms with Gasteiger partial charge < -0.3 is 10.4 Å². The van der Waals surface area contributed by atoms with Gasteiger partial charge in [-0.1, -0.05) is 28.1 Å². The molecule has 0 aliphatic heterocycles. The molecule has 0 aromatic heterocycles. The number of carboxylic acid groups (broad SMARTS) is 1. The van der Waals surface area contributed by atoms with E-state index in [1.54, 1.807) is 36.4 Å². The van der Waals surface area contributed by atoms with Gasteiger partial charge >= 0.3 is 5.97 Å². The number of rotatable bonds is 4. The summed E-state index contributed by atoms with van der Waals surface area (Å²) < 4.78 is 1.51. The number of aliphatic carboxylic acids is 1. The first-order valence-electron chi connectivity index (χ1n) is 6.03. The number of hydrogen-bond acceptors (Lipinski definition) is 2. The predicted molar refractivity (Wildman–Crippen MR) is 87.6 cm³/mol. The molecule has 0 fully saturated rings. The zero-order valence-electron chi connectivity index (χ0n) is 10.8. The topological polar surface area (TPSA) is 66.4 Å². The Kier molecular flexibility index (Phi) is 5.14. The molecule has 2 rings (SSSR count). The molecule has 21 heavy (non-hydrogen) atoms. The van der Waals surface area contributed by atoms with Crippen LogP contribution in [-0.2, 0) is 11.2 Å². The number of carbonyl (C=O) groups is 2. The molecule has 4 nitrogen and oxygen atoms in total. The van der Waals surface area contributed by atoms with Crippen molar-refractivity contribution in [2.75, 3.05) is 5.32 Å². The molecule has 0 radical (unpaired) electrons. The summed E-state index contributed by atoms with van der Waals surface area (Å²) in [6.45, 7) is 0. The first-order chi connectivity index (χ1) is 9.95. The number of carbonyl (C=O) groups excluding carboxylic acids is 1. The lowest BCUT2D eigenvalue weighted by Crippen LogP contribution is -2.12. The molecular formula is C15H11Br2NO3. The molecule has 0 aliphatic rings. The molecule has 2 aromatic carbocycles. The Labute approximate surface area is 138 Å². The van der Waals surface area contributed by atoms with E-state index < -0.39 is 5.97 Å². The fourth-order valence-electron chi connectivity index (χ4n) is 1.75. The van der Waals surface area contributed by atoms with Gasteiger partial charge in [0.25, 0.3) is 5.91 Å². The molecule has 2 aromatic rings. The molecule has 0 heterocycles. The number of amides is 1. The predicted octanol–water partition coefficient (Wildman–Crippen LogP) is 4.09. The molecule has 0 unspecified atom stereocenters. The zero-order chi connectivity index (χ0) is 15.4. The third-order valence-electron chi connectivity index (χ3n) is 2.74. The van der Waals surface area contributed by atoms with Crippen LogP contribution in [0.2, 0.25) is 0 Å². The average molecular weight is 413 g/mol. The fourth-order valence-corrected chi connectivity index (χ4v) is 2.54. The molecule has 0 atom stereocenters. The summed E-state index contributed by atoms with van der Waals surface area (Å²) in [7, 11) is 0. The minimum Gasteiger partial charge on any atom is -0.481 e. The van der Waals surface area contributed by atoms with Crippen LogP contribution in [0, 0.1) is 0 Å². The first kappa shape index (κ1) is 15.7. The standard InChI is InChI=1S/C15H11Br2NO3/c16-10-3-6-13(17)12(8-10)15(21)18-11-4-1-9(2-5-11)7-14(19)20/h1-6,8H,7H2,(H,18,21)(H,19,20). The summed E-state index contributed by atoms with van der Waals surface area (Å²) in [6.07, 6.45) is -0.0363. The molecule has 108 valence electrons. The van der Waals surface area contributed by atoms with E-state index in [0.29, 0.717) is 21.3 Å². The Balaban J connectivity index is 2.12. The first-order valence-corrected chi connectivity index (χ1v) is 7.61. The van der Waals surface area contributed by atoms with E-state index >= 15 is 0 Å². The zero-order valence-corrected chi connectivity index (χ0v) is 13.9. The highest BCUT2D eigenvalue weighted by molar-refractivity contribution is 9.11. The summed E-state index contributed by atoms with van der Waals surface area (Å²) in [6, 6.07) is 12.1. The monoisotopic (exact) mass is 411 g/mol. The van der Waals surface area contributed by atoms with Crippen LogP contribution in [0.15, 0.2) is 51.4 Å². The van der Waals surface area contributed by atoms with E-state index in [1.165, 1.54) is 0 Å². The lowest BCUT2D eigenvalue weighted by molar-refractivity contribution is -0.136. The van der Waals surface area contributed by atoms with Gasteiger partial charge in [-0.05, 0) is 51.8 Å². The van der Waals surface area contributed by atoms with Gasteiger partial charge in [0.2, 0.25) is 0 Å². The van der Waals surface area contributed by atoms with Crippen molar-refractivity contribution < 1.29 is 14.7 Å². The smallest absolute Gasteiger partial charge is 0.307 e. The van der Waals surface area contributed by atoms with Gasteiger partial charge in [0.15, 0.2) is 0 Å². The second-order valence-corrected chi connectivity index (χ2v) is 6.12. The van der Waals surface area contributed by atoms with E-state index in [0.717, 1.165) is 4.47 Å². The van der Waals surface area contributed by atoms with E-state index in [2.05, 4.69) is 37.2 Å². The van der Waals surface area contributed by atoms with Crippen molar-refractivity contribution in [2.45, 2.75) is 6.42 Å². The summed E-state index contributed by atoms with van der Waals surface area (Å²) >= 11 is 6.66. The van der Waals surface area contributed by atoms with E-state index in [1.807, 2.05) is 6.07 Å². The maximum atomic E-state index is 12.2. The van der Waals surface area contributed by atoms with Crippen molar-refractivity contribution in [3.05, 3.63) is 62.5 Å². The number of halogens is 2. The average Bonchev–Trinajstić information content (AvgIpc) is 2.43. The summed E-state index contributed by atoms with van der Waals surface area (Å²) in [5, 5.41) is 11.5. The third kappa shape index (κ3) is 4.41. The molecule has 0 saturated carbocycles. The highest BCUT2D eigenvalue weighted by atomic mass is 79.9. The van der Waals surface area contributed by atoms with Gasteiger partial charge in [0, 0.05) is 14.6 Å². The van der Waals surface area contributed by atoms with Gasteiger partial charge in [-0.2, -0.15) is 0 Å². The summed E-state index contributed by atoms with van der Waals surface area (Å²) in [5.41, 5.74) is 1.81. The third-order valence-corrected chi connectivity index (χ3v) is 3.92. The van der Waals surface area contributed by atoms with Crippen molar-refractivity contribution in [1.29, 1.82) is 0 Å². The van der Waals surface area contributed by atoms with Gasteiger partial charge in [-0.3, -0.25) is 9.59 Å². The van der Waals surface area contributed by atoms with Gasteiger partial charge in [-0.25, -0.2) is 0 Å². The number of nitrogens with one attached hydrogen (secondary N) is 1. The second-order valence-electron chi connectivity index (χ2n) is 4.35. The molecule has 0 bridgehead atoms. The Hall–Kier alpha value is -1.66. The minimum atomic E-state index is -0.884. The number of carboxylic acids is 1. The molecule has 0 aliphatic carbocycles. The lowest BCUT2D eigenvalue weighted by atomic mass is 10.1. The van der Waals surface area contributed by atoms with Gasteiger partial charge in [0.1, 0.15) is 0 Å². The van der Waals surface area contributed by atoms with Crippen molar-refractivity contribution in [2.24, 2.45) is 0 Å². The SMILES string of the molecule is O=C(O)Cc1ccc(NC(=O)c2cc(Br)ccc2Br)cc1. The van der Waals surface area contributed by atoms with Crippen LogP contribution in [0.4, 0.5) is 5.69 Å². The Morgan fingerprint density at radius 3 is 2.33 bits per heavy atom. The molecule has 0 saturated heterocycles. The van der Waals surface area contributed by atoms with Crippen LogP contribution in [0.1, 0.15) is 15.9 Å². The fraction of sp³-hybridized carbons (Fsp3) is 0.0667. The van der Waals surface area contributed by atoms with Crippen LogP contribution < -0.4 is 5.32 Å². The number of benzene rings is 2. The quantitative estimate of drug-likeness (QED) is 0.794. The molecule has 0 spiro atoms. The van der Waals surface area contributed by atoms with Crippen molar-refractivity contribution >= 4 is 49.4 Å². The van der Waals surface area contributed by atoms with Crippen LogP contribution in [0.3, 0.4) is 0 Å². The maximum Gasteiger partial charge on any atom is 0.307 e. The number of anilines is 1. The summed E-state index contributed by atoms with van der Waals surface area (Å²) in [5.74, 6) is -1.13. The van der Waals surface area contributed by atoms with Crippen LogP contribution in [0.25, 0.3) is 0 Å². The highest BCUT2D eigenvalue weighted by Crippen LogP contribution is 2.22. The largest absolute Gasteiger partial charge is 0.481 e. The Morgan fingerprint density at radius 1 is 1.05 bits per heavy atom. The second kappa shape index (κ2) is 6.87. The Bertz CT molecular complexity index is 684. The van der Waals surface area contributed by atoms with Crippen LogP contribution >= 0.6 is 31.9 Å². The Morgan fingerprint density at radius 2 is 1.71 bits per heavy atom. The molecule has 2 N–H and O–H groups in total. The van der Waals surface area contributed by atoms with Crippen LogP contribution in [0.5, 0.6) is 0 Å². The lowest BCUT2D eigenvalue weighted by Gasteiger charge is -2.08. The minimum absolute atomic E-state index is 0.0363. The normalized spacial score (nSPS) is 10.2. The molecule has 1 amide bonds. The van der Waals surface area contributed by atoms with E-state index in [4.69, 9.17) is 5.11 Å². The molecule has 6 heteroatoms. The highest BCUT2D eigenvalue weighted by Gasteiger charge is 2.11. The van der Waals surface area contributed by atoms with Crippen LogP contribution in [-0.4, -0.2) is 17.0 Å².